The highest BCUT2D eigenvalue weighted by Gasteiger charge is 2.22. The highest BCUT2D eigenvalue weighted by molar-refractivity contribution is 6.26. The molecule has 0 radical (unpaired) electrons. The van der Waals surface area contributed by atoms with E-state index in [9.17, 15) is 0 Å². The SMILES string of the molecule is c1ccc(-c2nc(-c3ccc4c5ccccc5n(-c5ccccc5)c4c3)nc(-n3c4ccccc4c4cc5c6ccccc6n(-c6ccc(-c7ccc8c9ccccc9c9ccccc9c8c7)cc6)c5cc43)n2)cc1. The third-order valence-electron chi connectivity index (χ3n) is 15.5. The first-order valence-electron chi connectivity index (χ1n) is 25.5. The smallest absolute Gasteiger partial charge is 0.238 e. The maximum atomic E-state index is 5.45. The van der Waals surface area contributed by atoms with Crippen molar-refractivity contribution in [3.63, 3.8) is 0 Å². The molecule has 0 saturated carbocycles. The number of fused-ring (bicyclic) bond motifs is 15. The van der Waals surface area contributed by atoms with Crippen molar-refractivity contribution in [2.75, 3.05) is 0 Å². The first-order chi connectivity index (χ1) is 37.2. The average molecular weight is 955 g/mol. The molecule has 16 rings (SSSR count). The average Bonchev–Trinajstić information content (AvgIpc) is 4.14. The molecule has 0 aliphatic rings. The van der Waals surface area contributed by atoms with Gasteiger partial charge in [-0.1, -0.05) is 188 Å². The summed E-state index contributed by atoms with van der Waals surface area (Å²) in [6, 6.07) is 91.7. The van der Waals surface area contributed by atoms with Crippen molar-refractivity contribution in [3.05, 3.63) is 255 Å². The highest BCUT2D eigenvalue weighted by Crippen LogP contribution is 2.42. The quantitative estimate of drug-likeness (QED) is 0.156. The Morgan fingerprint density at radius 3 is 1.21 bits per heavy atom. The number of nitrogens with zero attached hydrogens (tertiary/aromatic N) is 6. The Bertz CT molecular complexity index is 4950. The zero-order valence-corrected chi connectivity index (χ0v) is 40.4. The van der Waals surface area contributed by atoms with Gasteiger partial charge in [0.15, 0.2) is 11.6 Å². The Morgan fingerprint density at radius 2 is 0.600 bits per heavy atom. The van der Waals surface area contributed by atoms with E-state index in [1.54, 1.807) is 0 Å². The fourth-order valence-corrected chi connectivity index (χ4v) is 12.1. The molecule has 12 aromatic carbocycles. The number of rotatable bonds is 6. The van der Waals surface area contributed by atoms with E-state index in [4.69, 9.17) is 15.0 Å². The molecule has 0 N–H and O–H groups in total. The second-order valence-corrected chi connectivity index (χ2v) is 19.6. The van der Waals surface area contributed by atoms with Gasteiger partial charge in [0.2, 0.25) is 5.95 Å². The normalized spacial score (nSPS) is 12.0. The van der Waals surface area contributed by atoms with Crippen LogP contribution < -0.4 is 0 Å². The zero-order chi connectivity index (χ0) is 49.1. The van der Waals surface area contributed by atoms with E-state index < -0.39 is 0 Å². The van der Waals surface area contributed by atoms with Crippen molar-refractivity contribution in [1.29, 1.82) is 0 Å². The van der Waals surface area contributed by atoms with E-state index in [0.717, 1.165) is 66.4 Å². The number of para-hydroxylation sites is 4. The van der Waals surface area contributed by atoms with Gasteiger partial charge in [0.25, 0.3) is 0 Å². The van der Waals surface area contributed by atoms with Gasteiger partial charge in [-0.2, -0.15) is 9.97 Å². The minimum absolute atomic E-state index is 0.552. The Kier molecular flexibility index (Phi) is 8.94. The van der Waals surface area contributed by atoms with Gasteiger partial charge in [-0.05, 0) is 110 Å². The monoisotopic (exact) mass is 954 g/mol. The molecule has 4 heterocycles. The lowest BCUT2D eigenvalue weighted by molar-refractivity contribution is 0.953. The van der Waals surface area contributed by atoms with Crippen molar-refractivity contribution in [2.45, 2.75) is 0 Å². The third-order valence-corrected chi connectivity index (χ3v) is 15.5. The standard InChI is InChI=1S/C69H42N6/c1-3-17-44(18-4-1)67-70-68(46-34-38-57-54-25-11-14-28-61(54)73(64(57)40-46)47-19-5-2-6-20-47)72-69(71-67)75-63-30-16-13-27-56(63)60-41-59-55-26-12-15-29-62(55)74(65(59)42-66(60)75)48-35-31-43(32-36-48)45-33-37-53-51-23-8-7-21-49(51)50-22-9-10-24-52(50)58(53)39-45/h1-42H. The lowest BCUT2D eigenvalue weighted by atomic mass is 9.92. The molecule has 0 fully saturated rings. The van der Waals surface area contributed by atoms with Gasteiger partial charge in [0.05, 0.1) is 33.1 Å². The van der Waals surface area contributed by atoms with Crippen LogP contribution in [0.5, 0.6) is 0 Å². The van der Waals surface area contributed by atoms with Crippen LogP contribution in [0.3, 0.4) is 0 Å². The number of hydrogen-bond donors (Lipinski definition) is 0. The Hall–Kier alpha value is -10.2. The van der Waals surface area contributed by atoms with Crippen LogP contribution in [-0.2, 0) is 0 Å². The highest BCUT2D eigenvalue weighted by atomic mass is 15.2. The van der Waals surface area contributed by atoms with Crippen LogP contribution in [0.25, 0.3) is 149 Å². The van der Waals surface area contributed by atoms with Gasteiger partial charge >= 0.3 is 0 Å². The lowest BCUT2D eigenvalue weighted by Gasteiger charge is -2.13. The predicted octanol–water partition coefficient (Wildman–Crippen LogP) is 17.6. The van der Waals surface area contributed by atoms with Crippen LogP contribution in [0.15, 0.2) is 255 Å². The summed E-state index contributed by atoms with van der Waals surface area (Å²) >= 11 is 0. The number of hydrogen-bond acceptors (Lipinski definition) is 3. The second kappa shape index (κ2) is 16.2. The summed E-state index contributed by atoms with van der Waals surface area (Å²) in [7, 11) is 0. The molecule has 0 amide bonds. The summed E-state index contributed by atoms with van der Waals surface area (Å²) in [6.07, 6.45) is 0. The van der Waals surface area contributed by atoms with Crippen molar-refractivity contribution in [2.24, 2.45) is 0 Å². The van der Waals surface area contributed by atoms with Crippen LogP contribution in [-0.4, -0.2) is 28.7 Å². The molecule has 0 saturated heterocycles. The Morgan fingerprint density at radius 1 is 0.200 bits per heavy atom. The number of benzene rings is 12. The van der Waals surface area contributed by atoms with Gasteiger partial charge in [-0.3, -0.25) is 4.57 Å². The summed E-state index contributed by atoms with van der Waals surface area (Å²) in [5.74, 6) is 1.75. The lowest BCUT2D eigenvalue weighted by Crippen LogP contribution is -2.06. The van der Waals surface area contributed by atoms with E-state index in [-0.39, 0.29) is 0 Å². The molecule has 6 nitrogen and oxygen atoms in total. The van der Waals surface area contributed by atoms with E-state index in [1.165, 1.54) is 65.0 Å². The zero-order valence-electron chi connectivity index (χ0n) is 40.4. The minimum atomic E-state index is 0.552. The molecule has 348 valence electrons. The van der Waals surface area contributed by atoms with Gasteiger partial charge in [0.1, 0.15) is 0 Å². The maximum absolute atomic E-state index is 5.45. The van der Waals surface area contributed by atoms with Crippen molar-refractivity contribution in [3.8, 4) is 51.2 Å². The van der Waals surface area contributed by atoms with Crippen LogP contribution in [0.4, 0.5) is 0 Å². The van der Waals surface area contributed by atoms with E-state index >= 15 is 0 Å². The van der Waals surface area contributed by atoms with Gasteiger partial charge < -0.3 is 9.13 Å². The third kappa shape index (κ3) is 6.30. The predicted molar refractivity (Wildman–Crippen MR) is 312 cm³/mol. The summed E-state index contributed by atoms with van der Waals surface area (Å²) in [5, 5.41) is 14.7. The Labute approximate surface area is 430 Å². The van der Waals surface area contributed by atoms with E-state index in [2.05, 4.69) is 250 Å². The molecule has 0 unspecified atom stereocenters. The Balaban J connectivity index is 0.889. The molecule has 0 bridgehead atoms. The molecule has 0 spiro atoms. The van der Waals surface area contributed by atoms with Crippen molar-refractivity contribution >= 4 is 97.7 Å². The fraction of sp³-hybridized carbons (Fsp3) is 0. The summed E-state index contributed by atoms with van der Waals surface area (Å²) in [5.41, 5.74) is 12.9. The van der Waals surface area contributed by atoms with Gasteiger partial charge in [-0.15, -0.1) is 0 Å². The largest absolute Gasteiger partial charge is 0.309 e. The van der Waals surface area contributed by atoms with Crippen LogP contribution >= 0.6 is 0 Å². The first kappa shape index (κ1) is 41.4. The molecule has 4 aromatic heterocycles. The molecule has 0 aliphatic heterocycles. The molecule has 0 aliphatic carbocycles. The van der Waals surface area contributed by atoms with Crippen LogP contribution in [0, 0.1) is 0 Å². The van der Waals surface area contributed by atoms with E-state index in [1.807, 2.05) is 18.2 Å². The maximum Gasteiger partial charge on any atom is 0.238 e. The molecular formula is C69H42N6. The fourth-order valence-electron chi connectivity index (χ4n) is 12.1. The summed E-state index contributed by atoms with van der Waals surface area (Å²) in [6.45, 7) is 0. The molecule has 16 aromatic rings. The van der Waals surface area contributed by atoms with Crippen molar-refractivity contribution in [1.82, 2.24) is 28.7 Å². The summed E-state index contributed by atoms with van der Waals surface area (Å²) < 4.78 is 6.98. The van der Waals surface area contributed by atoms with Crippen molar-refractivity contribution < 1.29 is 0 Å². The topological polar surface area (TPSA) is 53.5 Å². The first-order valence-corrected chi connectivity index (χ1v) is 25.5. The van der Waals surface area contributed by atoms with Crippen LogP contribution in [0.2, 0.25) is 0 Å². The van der Waals surface area contributed by atoms with Crippen LogP contribution in [0.1, 0.15) is 0 Å². The molecule has 0 atom stereocenters. The second-order valence-electron chi connectivity index (χ2n) is 19.6. The molecular weight excluding hydrogens is 913 g/mol. The van der Waals surface area contributed by atoms with Gasteiger partial charge in [0, 0.05) is 54.8 Å². The van der Waals surface area contributed by atoms with Gasteiger partial charge in [-0.25, -0.2) is 4.98 Å². The summed E-state index contributed by atoms with van der Waals surface area (Å²) in [4.78, 5) is 16.1. The minimum Gasteiger partial charge on any atom is -0.309 e. The number of aromatic nitrogens is 6. The van der Waals surface area contributed by atoms with E-state index in [0.29, 0.717) is 17.6 Å². The molecule has 75 heavy (non-hydrogen) atoms. The molecule has 6 heteroatoms.